The van der Waals surface area contributed by atoms with E-state index in [1.807, 2.05) is 56.3 Å². The summed E-state index contributed by atoms with van der Waals surface area (Å²) in [5, 5.41) is 8.26. The average molecular weight is 469 g/mol. The number of carbonyl (C=O) groups is 2. The maximum atomic E-state index is 13.0. The Morgan fingerprint density at radius 2 is 1.88 bits per heavy atom. The van der Waals surface area contributed by atoms with Crippen LogP contribution in [0.5, 0.6) is 11.6 Å². The first-order chi connectivity index (χ1) is 16.4. The zero-order valence-corrected chi connectivity index (χ0v) is 20.0. The highest BCUT2D eigenvalue weighted by Crippen LogP contribution is 2.24. The lowest BCUT2D eigenvalue weighted by Crippen LogP contribution is -2.48. The number of carbonyl (C=O) groups excluding carboxylic acids is 2. The largest absolute Gasteiger partial charge is 0.494 e. The summed E-state index contributed by atoms with van der Waals surface area (Å²) in [7, 11) is 3.80. The topological polar surface area (TPSA) is 91.3 Å². The van der Waals surface area contributed by atoms with Crippen LogP contribution in [0.1, 0.15) is 19.8 Å². The third-order valence-electron chi connectivity index (χ3n) is 5.98. The Bertz CT molecular complexity index is 982. The van der Waals surface area contributed by atoms with Gasteiger partial charge in [0.2, 0.25) is 11.8 Å². The van der Waals surface area contributed by atoms with Crippen molar-refractivity contribution in [3.8, 4) is 11.6 Å². The van der Waals surface area contributed by atoms with Crippen molar-refractivity contribution in [2.75, 3.05) is 63.2 Å². The van der Waals surface area contributed by atoms with Crippen molar-refractivity contribution in [1.29, 1.82) is 0 Å². The number of hydrogen-bond acceptors (Lipinski definition) is 7. The first-order valence-corrected chi connectivity index (χ1v) is 11.7. The van der Waals surface area contributed by atoms with E-state index in [0.29, 0.717) is 38.7 Å². The molecular formula is C24H32N6O4. The van der Waals surface area contributed by atoms with E-state index in [4.69, 9.17) is 9.47 Å². The molecule has 2 aliphatic heterocycles. The van der Waals surface area contributed by atoms with Crippen molar-refractivity contribution in [3.05, 3.63) is 36.4 Å². The van der Waals surface area contributed by atoms with E-state index in [1.165, 1.54) is 0 Å². The molecule has 1 unspecified atom stereocenters. The number of urea groups is 1. The summed E-state index contributed by atoms with van der Waals surface area (Å²) in [5.74, 6) is 1.91. The molecule has 0 saturated carbocycles. The van der Waals surface area contributed by atoms with E-state index >= 15 is 0 Å². The zero-order valence-electron chi connectivity index (χ0n) is 20.0. The van der Waals surface area contributed by atoms with Gasteiger partial charge in [0, 0.05) is 45.5 Å². The minimum atomic E-state index is -0.154. The van der Waals surface area contributed by atoms with Crippen molar-refractivity contribution in [2.24, 2.45) is 0 Å². The maximum Gasteiger partial charge on any atom is 0.325 e. The highest BCUT2D eigenvalue weighted by Gasteiger charge is 2.33. The molecule has 0 spiro atoms. The minimum Gasteiger partial charge on any atom is -0.494 e. The normalized spacial score (nSPS) is 18.3. The van der Waals surface area contributed by atoms with Crippen molar-refractivity contribution < 1.29 is 19.1 Å². The smallest absolute Gasteiger partial charge is 0.325 e. The number of piperidine rings is 1. The Morgan fingerprint density at radius 1 is 1.09 bits per heavy atom. The molecule has 4 rings (SSSR count). The quantitative estimate of drug-likeness (QED) is 0.587. The van der Waals surface area contributed by atoms with E-state index in [2.05, 4.69) is 10.2 Å². The molecule has 1 aromatic carbocycles. The number of aromatic nitrogens is 2. The Kier molecular flexibility index (Phi) is 7.34. The van der Waals surface area contributed by atoms with Crippen LogP contribution in [0.2, 0.25) is 0 Å². The Labute approximate surface area is 200 Å². The fourth-order valence-electron chi connectivity index (χ4n) is 4.17. The summed E-state index contributed by atoms with van der Waals surface area (Å²) >= 11 is 0. The van der Waals surface area contributed by atoms with Crippen LogP contribution < -0.4 is 19.3 Å². The molecule has 34 heavy (non-hydrogen) atoms. The summed E-state index contributed by atoms with van der Waals surface area (Å²) in [4.78, 5) is 32.9. The van der Waals surface area contributed by atoms with Crippen molar-refractivity contribution in [2.45, 2.75) is 25.9 Å². The van der Waals surface area contributed by atoms with Gasteiger partial charge in [-0.25, -0.2) is 4.79 Å². The van der Waals surface area contributed by atoms with Gasteiger partial charge in [0.25, 0.3) is 0 Å². The highest BCUT2D eigenvalue weighted by atomic mass is 16.5. The van der Waals surface area contributed by atoms with Crippen molar-refractivity contribution in [3.63, 3.8) is 0 Å². The van der Waals surface area contributed by atoms with Gasteiger partial charge >= 0.3 is 6.03 Å². The van der Waals surface area contributed by atoms with Crippen molar-refractivity contribution in [1.82, 2.24) is 20.0 Å². The Hall–Kier alpha value is -3.56. The summed E-state index contributed by atoms with van der Waals surface area (Å²) in [6.07, 6.45) is 1.54. The average Bonchev–Trinajstić information content (AvgIpc) is 3.20. The lowest BCUT2D eigenvalue weighted by molar-refractivity contribution is -0.134. The first-order valence-electron chi connectivity index (χ1n) is 11.7. The van der Waals surface area contributed by atoms with Crippen LogP contribution in [0.3, 0.4) is 0 Å². The van der Waals surface area contributed by atoms with Crippen LogP contribution >= 0.6 is 0 Å². The van der Waals surface area contributed by atoms with E-state index in [1.54, 1.807) is 20.8 Å². The lowest BCUT2D eigenvalue weighted by Gasteiger charge is -2.33. The van der Waals surface area contributed by atoms with Crippen molar-refractivity contribution >= 4 is 23.4 Å². The summed E-state index contributed by atoms with van der Waals surface area (Å²) in [6.45, 7) is 4.79. The summed E-state index contributed by atoms with van der Waals surface area (Å²) in [6, 6.07) is 10.9. The van der Waals surface area contributed by atoms with Crippen LogP contribution in [0.4, 0.5) is 16.3 Å². The summed E-state index contributed by atoms with van der Waals surface area (Å²) in [5.41, 5.74) is 0.802. The number of hydrogen-bond donors (Lipinski definition) is 0. The van der Waals surface area contributed by atoms with Gasteiger partial charge in [-0.2, -0.15) is 0 Å². The molecular weight excluding hydrogens is 436 g/mol. The standard InChI is InChI=1S/C24H32N6O4/c1-4-33-19-9-7-18(8-10-19)30-15-14-29(24(30)32)17-23(31)28-13-5-6-20(16-28)34-22-12-11-21(25-26-22)27(2)3/h7-12,20H,4-6,13-17H2,1-3H3. The number of amides is 3. The first kappa shape index (κ1) is 23.6. The number of likely N-dealkylation sites (tertiary alicyclic amines) is 1. The van der Waals surface area contributed by atoms with E-state index in [0.717, 1.165) is 30.1 Å². The van der Waals surface area contributed by atoms with Crippen LogP contribution in [0.25, 0.3) is 0 Å². The number of nitrogens with zero attached hydrogens (tertiary/aromatic N) is 6. The SMILES string of the molecule is CCOc1ccc(N2CCN(CC(=O)N3CCCC(Oc4ccc(N(C)C)nn4)C3)C2=O)cc1. The van der Waals surface area contributed by atoms with Gasteiger partial charge < -0.3 is 24.2 Å². The Morgan fingerprint density at radius 3 is 2.56 bits per heavy atom. The third-order valence-corrected chi connectivity index (χ3v) is 5.98. The molecule has 3 amide bonds. The fraction of sp³-hybridized carbons (Fsp3) is 0.500. The van der Waals surface area contributed by atoms with Gasteiger partial charge in [-0.3, -0.25) is 9.69 Å². The molecule has 0 radical (unpaired) electrons. The van der Waals surface area contributed by atoms with Gasteiger partial charge in [0.15, 0.2) is 5.82 Å². The number of rotatable bonds is 8. The minimum absolute atomic E-state index is 0.0655. The zero-order chi connectivity index (χ0) is 24.1. The predicted octanol–water partition coefficient (Wildman–Crippen LogP) is 2.25. The predicted molar refractivity (Wildman–Crippen MR) is 129 cm³/mol. The van der Waals surface area contributed by atoms with Gasteiger partial charge in [-0.1, -0.05) is 0 Å². The van der Waals surface area contributed by atoms with Gasteiger partial charge in [-0.05, 0) is 50.1 Å². The van der Waals surface area contributed by atoms with Gasteiger partial charge in [0.05, 0.1) is 13.2 Å². The van der Waals surface area contributed by atoms with E-state index < -0.39 is 0 Å². The molecule has 1 atom stereocenters. The molecule has 2 fully saturated rings. The number of ether oxygens (including phenoxy) is 2. The van der Waals surface area contributed by atoms with E-state index in [-0.39, 0.29) is 24.6 Å². The van der Waals surface area contributed by atoms with E-state index in [9.17, 15) is 9.59 Å². The summed E-state index contributed by atoms with van der Waals surface area (Å²) < 4.78 is 11.4. The fourth-order valence-corrected chi connectivity index (χ4v) is 4.17. The monoisotopic (exact) mass is 468 g/mol. The molecule has 0 bridgehead atoms. The number of anilines is 2. The molecule has 3 heterocycles. The molecule has 182 valence electrons. The van der Waals surface area contributed by atoms with Crippen LogP contribution in [-0.4, -0.2) is 91.5 Å². The second-order valence-corrected chi connectivity index (χ2v) is 8.63. The number of benzene rings is 1. The molecule has 10 heteroatoms. The molecule has 2 aromatic rings. The van der Waals surface area contributed by atoms with Gasteiger partial charge in [0.1, 0.15) is 18.4 Å². The van der Waals surface area contributed by atoms with Gasteiger partial charge in [-0.15, -0.1) is 10.2 Å². The maximum absolute atomic E-state index is 13.0. The Balaban J connectivity index is 1.30. The van der Waals surface area contributed by atoms with Crippen LogP contribution in [0.15, 0.2) is 36.4 Å². The molecule has 10 nitrogen and oxygen atoms in total. The molecule has 1 aromatic heterocycles. The second-order valence-electron chi connectivity index (χ2n) is 8.63. The molecule has 0 N–H and O–H groups in total. The second kappa shape index (κ2) is 10.6. The highest BCUT2D eigenvalue weighted by molar-refractivity contribution is 5.96. The molecule has 2 saturated heterocycles. The van der Waals surface area contributed by atoms with Crippen LogP contribution in [0, 0.1) is 0 Å². The lowest BCUT2D eigenvalue weighted by atomic mass is 10.1. The third kappa shape index (κ3) is 5.49. The molecule has 2 aliphatic rings. The molecule has 0 aliphatic carbocycles. The van der Waals surface area contributed by atoms with Crippen LogP contribution in [-0.2, 0) is 4.79 Å².